The van der Waals surface area contributed by atoms with Crippen LogP contribution in [0.4, 0.5) is 18.9 Å². The summed E-state index contributed by atoms with van der Waals surface area (Å²) in [4.78, 5) is 12.5. The number of carbonyl (C=O) groups is 1. The van der Waals surface area contributed by atoms with Gasteiger partial charge in [0.1, 0.15) is 29.4 Å². The fraction of sp³-hybridized carbons (Fsp3) is 0.300. The highest BCUT2D eigenvalue weighted by Gasteiger charge is 2.35. The summed E-state index contributed by atoms with van der Waals surface area (Å²) in [5.41, 5.74) is -1.35. The Bertz CT molecular complexity index is 941. The first-order chi connectivity index (χ1) is 14.1. The number of phenols is 1. The summed E-state index contributed by atoms with van der Waals surface area (Å²) in [5, 5.41) is 30.9. The number of hydrogen-bond donors (Lipinski definition) is 3. The van der Waals surface area contributed by atoms with Gasteiger partial charge in [-0.25, -0.2) is 4.79 Å². The van der Waals surface area contributed by atoms with Crippen LogP contribution in [0.15, 0.2) is 41.6 Å². The second-order valence-corrected chi connectivity index (χ2v) is 6.22. The maximum absolute atomic E-state index is 13.6. The van der Waals surface area contributed by atoms with Gasteiger partial charge >= 0.3 is 12.1 Å². The van der Waals surface area contributed by atoms with Gasteiger partial charge in [0.05, 0.1) is 5.56 Å². The van der Waals surface area contributed by atoms with Crippen LogP contribution in [-0.2, 0) is 6.18 Å². The number of rotatable bonds is 8. The Morgan fingerprint density at radius 1 is 1.13 bits per heavy atom. The molecule has 0 unspecified atom stereocenters. The second kappa shape index (κ2) is 9.38. The van der Waals surface area contributed by atoms with Crippen LogP contribution in [0.5, 0.6) is 11.5 Å². The quantitative estimate of drug-likeness (QED) is 0.332. The zero-order valence-electron chi connectivity index (χ0n) is 16.3. The standard InChI is InChI=1S/C20H21F3N2O5/c1-3-25(4-2)17-8-5-12(9-15(17)20(21,22)23)16(24-29)11-30-13-6-7-14(19(27)28)18(26)10-13/h5-10,26,29H,3-4,11H2,1-2H3,(H,27,28)/b24-16-. The van der Waals surface area contributed by atoms with Crippen LogP contribution in [0.25, 0.3) is 0 Å². The van der Waals surface area contributed by atoms with Gasteiger partial charge in [0.25, 0.3) is 0 Å². The molecule has 0 aliphatic heterocycles. The van der Waals surface area contributed by atoms with E-state index in [1.807, 2.05) is 0 Å². The van der Waals surface area contributed by atoms with E-state index < -0.39 is 30.1 Å². The third-order valence-electron chi connectivity index (χ3n) is 4.44. The van der Waals surface area contributed by atoms with Crippen molar-refractivity contribution < 1.29 is 38.1 Å². The Labute approximate surface area is 170 Å². The van der Waals surface area contributed by atoms with Crippen molar-refractivity contribution in [1.82, 2.24) is 0 Å². The molecule has 0 aliphatic carbocycles. The lowest BCUT2D eigenvalue weighted by Gasteiger charge is -2.25. The summed E-state index contributed by atoms with van der Waals surface area (Å²) in [6.45, 7) is 3.86. The number of alkyl halides is 3. The Morgan fingerprint density at radius 3 is 2.30 bits per heavy atom. The topological polar surface area (TPSA) is 103 Å². The minimum Gasteiger partial charge on any atom is -0.507 e. The number of hydrogen-bond acceptors (Lipinski definition) is 6. The van der Waals surface area contributed by atoms with Crippen LogP contribution in [-0.4, -0.2) is 46.8 Å². The van der Waals surface area contributed by atoms with Crippen molar-refractivity contribution in [2.24, 2.45) is 5.16 Å². The molecule has 2 aromatic carbocycles. The lowest BCUT2D eigenvalue weighted by Crippen LogP contribution is -2.26. The fourth-order valence-corrected chi connectivity index (χ4v) is 2.89. The number of carboxylic acids is 1. The third-order valence-corrected chi connectivity index (χ3v) is 4.44. The van der Waals surface area contributed by atoms with Crippen LogP contribution in [0.2, 0.25) is 0 Å². The first kappa shape index (κ1) is 22.9. The Kier molecular flexibility index (Phi) is 7.14. The van der Waals surface area contributed by atoms with Gasteiger partial charge in [-0.3, -0.25) is 0 Å². The molecule has 0 aromatic heterocycles. The van der Waals surface area contributed by atoms with Gasteiger partial charge in [0.15, 0.2) is 0 Å². The average Bonchev–Trinajstić information content (AvgIpc) is 2.69. The molecule has 0 amide bonds. The average molecular weight is 426 g/mol. The molecule has 30 heavy (non-hydrogen) atoms. The van der Waals surface area contributed by atoms with E-state index in [-0.39, 0.29) is 28.3 Å². The van der Waals surface area contributed by atoms with Gasteiger partial charge in [0.2, 0.25) is 0 Å². The molecular formula is C20H21F3N2O5. The summed E-state index contributed by atoms with van der Waals surface area (Å²) in [6.07, 6.45) is -4.62. The minimum atomic E-state index is -4.62. The molecule has 2 aromatic rings. The van der Waals surface area contributed by atoms with Crippen molar-refractivity contribution >= 4 is 17.4 Å². The van der Waals surface area contributed by atoms with Crippen molar-refractivity contribution in [1.29, 1.82) is 0 Å². The molecule has 0 heterocycles. The SMILES string of the molecule is CCN(CC)c1ccc(/C(COc2ccc(C(=O)O)c(O)c2)=N\O)cc1C(F)(F)F. The molecule has 0 saturated carbocycles. The molecule has 0 radical (unpaired) electrons. The summed E-state index contributed by atoms with van der Waals surface area (Å²) in [6, 6.07) is 7.02. The predicted octanol–water partition coefficient (Wildman–Crippen LogP) is 4.21. The van der Waals surface area contributed by atoms with E-state index in [1.54, 1.807) is 18.7 Å². The number of aromatic hydroxyl groups is 1. The summed E-state index contributed by atoms with van der Waals surface area (Å²) in [5.74, 6) is -1.82. The van der Waals surface area contributed by atoms with Crippen LogP contribution < -0.4 is 9.64 Å². The number of oxime groups is 1. The Morgan fingerprint density at radius 2 is 1.80 bits per heavy atom. The molecule has 7 nitrogen and oxygen atoms in total. The van der Waals surface area contributed by atoms with Gasteiger partial charge in [-0.1, -0.05) is 11.2 Å². The van der Waals surface area contributed by atoms with E-state index in [9.17, 15) is 28.3 Å². The Hall–Kier alpha value is -3.43. The molecule has 0 saturated heterocycles. The smallest absolute Gasteiger partial charge is 0.418 e. The highest BCUT2D eigenvalue weighted by molar-refractivity contribution is 6.02. The van der Waals surface area contributed by atoms with Crippen molar-refractivity contribution in [2.45, 2.75) is 20.0 Å². The highest BCUT2D eigenvalue weighted by atomic mass is 19.4. The Balaban J connectivity index is 2.30. The zero-order chi connectivity index (χ0) is 22.5. The maximum atomic E-state index is 13.6. The third kappa shape index (κ3) is 5.13. The molecule has 0 fully saturated rings. The number of benzene rings is 2. The number of ether oxygens (including phenoxy) is 1. The van der Waals surface area contributed by atoms with Crippen molar-refractivity contribution in [3.63, 3.8) is 0 Å². The van der Waals surface area contributed by atoms with Gasteiger partial charge in [0, 0.05) is 30.4 Å². The number of aromatic carboxylic acids is 1. The molecule has 0 bridgehead atoms. The predicted molar refractivity (Wildman–Crippen MR) is 104 cm³/mol. The normalized spacial score (nSPS) is 12.0. The van der Waals surface area contributed by atoms with Crippen molar-refractivity contribution in [3.8, 4) is 11.5 Å². The van der Waals surface area contributed by atoms with Gasteiger partial charge < -0.3 is 25.1 Å². The van der Waals surface area contributed by atoms with E-state index in [0.29, 0.717) is 13.1 Å². The summed E-state index contributed by atoms with van der Waals surface area (Å²) in [7, 11) is 0. The van der Waals surface area contributed by atoms with Crippen molar-refractivity contribution in [2.75, 3.05) is 24.6 Å². The lowest BCUT2D eigenvalue weighted by molar-refractivity contribution is -0.137. The number of anilines is 1. The minimum absolute atomic E-state index is 0.00658. The lowest BCUT2D eigenvalue weighted by atomic mass is 10.0. The highest BCUT2D eigenvalue weighted by Crippen LogP contribution is 2.37. The molecule has 0 atom stereocenters. The van der Waals surface area contributed by atoms with Crippen LogP contribution in [0.1, 0.15) is 35.3 Å². The van der Waals surface area contributed by atoms with E-state index in [2.05, 4.69) is 5.16 Å². The zero-order valence-corrected chi connectivity index (χ0v) is 16.3. The second-order valence-electron chi connectivity index (χ2n) is 6.22. The number of carboxylic acid groups (broad SMARTS) is 1. The van der Waals surface area contributed by atoms with E-state index >= 15 is 0 Å². The van der Waals surface area contributed by atoms with Crippen molar-refractivity contribution in [3.05, 3.63) is 53.1 Å². The maximum Gasteiger partial charge on any atom is 0.418 e. The van der Waals surface area contributed by atoms with E-state index in [1.165, 1.54) is 18.2 Å². The van der Waals surface area contributed by atoms with Crippen LogP contribution in [0.3, 0.4) is 0 Å². The van der Waals surface area contributed by atoms with Gasteiger partial charge in [-0.15, -0.1) is 0 Å². The first-order valence-corrected chi connectivity index (χ1v) is 8.98. The van der Waals surface area contributed by atoms with Crippen LogP contribution in [0, 0.1) is 0 Å². The monoisotopic (exact) mass is 426 g/mol. The largest absolute Gasteiger partial charge is 0.507 e. The molecule has 10 heteroatoms. The molecule has 2 rings (SSSR count). The summed E-state index contributed by atoms with van der Waals surface area (Å²) < 4.78 is 46.1. The molecule has 162 valence electrons. The molecule has 0 aliphatic rings. The first-order valence-electron chi connectivity index (χ1n) is 8.98. The molecule has 0 spiro atoms. The van der Waals surface area contributed by atoms with Gasteiger partial charge in [-0.05, 0) is 38.1 Å². The van der Waals surface area contributed by atoms with Gasteiger partial charge in [-0.2, -0.15) is 13.2 Å². The molecule has 3 N–H and O–H groups in total. The number of nitrogens with zero attached hydrogens (tertiary/aromatic N) is 2. The molecular weight excluding hydrogens is 405 g/mol. The fourth-order valence-electron chi connectivity index (χ4n) is 2.89. The van der Waals surface area contributed by atoms with Crippen LogP contribution >= 0.6 is 0 Å². The number of halogens is 3. The summed E-state index contributed by atoms with van der Waals surface area (Å²) >= 11 is 0. The van der Waals surface area contributed by atoms with E-state index in [4.69, 9.17) is 9.84 Å². The van der Waals surface area contributed by atoms with E-state index in [0.717, 1.165) is 18.2 Å².